The molecular formula is C14H9F2N3O. The fourth-order valence-corrected chi connectivity index (χ4v) is 1.65. The zero-order chi connectivity index (χ0) is 14.7. The molecule has 0 aliphatic heterocycles. The number of nitrogens with two attached hydrogens (primary N) is 1. The van der Waals surface area contributed by atoms with Crippen molar-refractivity contribution in [1.82, 2.24) is 0 Å². The number of hydrogen-bond donors (Lipinski definition) is 2. The van der Waals surface area contributed by atoms with Gasteiger partial charge in [0.2, 0.25) is 0 Å². The molecule has 4 nitrogen and oxygen atoms in total. The predicted octanol–water partition coefficient (Wildman–Crippen LogP) is 2.67. The number of nitrogen functional groups attached to an aromatic ring is 1. The summed E-state index contributed by atoms with van der Waals surface area (Å²) in [4.78, 5) is 12.0. The van der Waals surface area contributed by atoms with Crippen LogP contribution in [-0.2, 0) is 0 Å². The van der Waals surface area contributed by atoms with E-state index in [1.807, 2.05) is 0 Å². The molecule has 100 valence electrons. The van der Waals surface area contributed by atoms with Gasteiger partial charge >= 0.3 is 0 Å². The Hall–Kier alpha value is -2.94. The number of amides is 1. The first-order valence-corrected chi connectivity index (χ1v) is 5.57. The van der Waals surface area contributed by atoms with Gasteiger partial charge in [0.25, 0.3) is 5.91 Å². The number of nitrogens with one attached hydrogen (secondary N) is 1. The summed E-state index contributed by atoms with van der Waals surface area (Å²) in [7, 11) is 0. The van der Waals surface area contributed by atoms with Crippen LogP contribution in [0.2, 0.25) is 0 Å². The van der Waals surface area contributed by atoms with Gasteiger partial charge in [-0.05, 0) is 36.4 Å². The maximum Gasteiger partial charge on any atom is 0.257 e. The maximum atomic E-state index is 13.0. The van der Waals surface area contributed by atoms with Gasteiger partial charge in [0.05, 0.1) is 16.8 Å². The van der Waals surface area contributed by atoms with E-state index in [0.29, 0.717) is 0 Å². The Labute approximate surface area is 113 Å². The summed E-state index contributed by atoms with van der Waals surface area (Å²) in [5.74, 6) is -1.75. The summed E-state index contributed by atoms with van der Waals surface area (Å²) in [6, 6.07) is 8.51. The van der Waals surface area contributed by atoms with Crippen LogP contribution in [0.3, 0.4) is 0 Å². The molecule has 2 rings (SSSR count). The summed E-state index contributed by atoms with van der Waals surface area (Å²) in [5.41, 5.74) is 5.73. The van der Waals surface area contributed by atoms with Crippen molar-refractivity contribution >= 4 is 17.3 Å². The summed E-state index contributed by atoms with van der Waals surface area (Å²) in [6.45, 7) is 0. The highest BCUT2D eigenvalue weighted by atomic mass is 19.1. The van der Waals surface area contributed by atoms with Crippen LogP contribution in [0, 0.1) is 23.0 Å². The largest absolute Gasteiger partial charge is 0.398 e. The number of benzene rings is 2. The molecule has 0 atom stereocenters. The standard InChI is InChI=1S/C14H9F2N3O/c15-9-2-4-13(8(5-9)7-17)19-14(20)11-3-1-10(16)6-12(11)18/h1-6H,18H2,(H,19,20). The second kappa shape index (κ2) is 5.36. The molecule has 1 amide bonds. The van der Waals surface area contributed by atoms with E-state index in [0.717, 1.165) is 24.3 Å². The van der Waals surface area contributed by atoms with Gasteiger partial charge in [0.15, 0.2) is 0 Å². The Morgan fingerprint density at radius 1 is 1.15 bits per heavy atom. The van der Waals surface area contributed by atoms with E-state index in [1.54, 1.807) is 6.07 Å². The lowest BCUT2D eigenvalue weighted by molar-refractivity contribution is 0.102. The van der Waals surface area contributed by atoms with Gasteiger partial charge in [0, 0.05) is 5.69 Å². The molecule has 0 bridgehead atoms. The van der Waals surface area contributed by atoms with Crippen molar-refractivity contribution in [2.45, 2.75) is 0 Å². The molecule has 0 aliphatic carbocycles. The van der Waals surface area contributed by atoms with E-state index < -0.39 is 17.5 Å². The fourth-order valence-electron chi connectivity index (χ4n) is 1.65. The van der Waals surface area contributed by atoms with E-state index in [9.17, 15) is 13.6 Å². The van der Waals surface area contributed by atoms with Crippen LogP contribution in [0.4, 0.5) is 20.2 Å². The monoisotopic (exact) mass is 273 g/mol. The smallest absolute Gasteiger partial charge is 0.257 e. The number of carbonyl (C=O) groups is 1. The molecule has 0 unspecified atom stereocenters. The first-order valence-electron chi connectivity index (χ1n) is 5.57. The predicted molar refractivity (Wildman–Crippen MR) is 69.9 cm³/mol. The molecule has 0 saturated carbocycles. The van der Waals surface area contributed by atoms with Crippen molar-refractivity contribution in [3.8, 4) is 6.07 Å². The highest BCUT2D eigenvalue weighted by molar-refractivity contribution is 6.08. The number of nitrogens with zero attached hydrogens (tertiary/aromatic N) is 1. The van der Waals surface area contributed by atoms with Crippen molar-refractivity contribution in [2.24, 2.45) is 0 Å². The minimum absolute atomic E-state index is 0.0148. The van der Waals surface area contributed by atoms with Crippen LogP contribution in [0.25, 0.3) is 0 Å². The lowest BCUT2D eigenvalue weighted by Gasteiger charge is -2.09. The summed E-state index contributed by atoms with van der Waals surface area (Å²) >= 11 is 0. The average molecular weight is 273 g/mol. The highest BCUT2D eigenvalue weighted by Gasteiger charge is 2.13. The number of nitriles is 1. The fraction of sp³-hybridized carbons (Fsp3) is 0. The molecule has 0 aromatic heterocycles. The summed E-state index contributed by atoms with van der Waals surface area (Å²) in [5, 5.41) is 11.3. The Bertz CT molecular complexity index is 723. The first-order chi connectivity index (χ1) is 9.51. The van der Waals surface area contributed by atoms with Crippen LogP contribution in [-0.4, -0.2) is 5.91 Å². The third-order valence-corrected chi connectivity index (χ3v) is 2.61. The molecule has 0 spiro atoms. The van der Waals surface area contributed by atoms with E-state index in [-0.39, 0.29) is 22.5 Å². The Kier molecular flexibility index (Phi) is 3.62. The number of hydrogen-bond acceptors (Lipinski definition) is 3. The van der Waals surface area contributed by atoms with Crippen molar-refractivity contribution in [2.75, 3.05) is 11.1 Å². The molecule has 0 aliphatic rings. The Morgan fingerprint density at radius 2 is 1.80 bits per heavy atom. The second-order valence-corrected chi connectivity index (χ2v) is 3.99. The van der Waals surface area contributed by atoms with Crippen molar-refractivity contribution in [1.29, 1.82) is 5.26 Å². The molecule has 2 aromatic rings. The van der Waals surface area contributed by atoms with E-state index in [1.165, 1.54) is 12.1 Å². The quantitative estimate of drug-likeness (QED) is 0.825. The molecular weight excluding hydrogens is 264 g/mol. The van der Waals surface area contributed by atoms with Gasteiger partial charge in [0.1, 0.15) is 17.7 Å². The van der Waals surface area contributed by atoms with Gasteiger partial charge in [-0.3, -0.25) is 4.79 Å². The molecule has 0 heterocycles. The average Bonchev–Trinajstić information content (AvgIpc) is 2.40. The number of anilines is 2. The van der Waals surface area contributed by atoms with Gasteiger partial charge in [-0.2, -0.15) is 5.26 Å². The number of carbonyl (C=O) groups excluding carboxylic acids is 1. The van der Waals surface area contributed by atoms with Crippen LogP contribution in [0.1, 0.15) is 15.9 Å². The maximum absolute atomic E-state index is 13.0. The number of halogens is 2. The minimum atomic E-state index is -0.606. The van der Waals surface area contributed by atoms with Crippen molar-refractivity contribution in [3.63, 3.8) is 0 Å². The van der Waals surface area contributed by atoms with Gasteiger partial charge in [-0.1, -0.05) is 0 Å². The molecule has 3 N–H and O–H groups in total. The summed E-state index contributed by atoms with van der Waals surface area (Å²) in [6.07, 6.45) is 0. The zero-order valence-corrected chi connectivity index (χ0v) is 10.2. The number of rotatable bonds is 2. The molecule has 0 saturated heterocycles. The molecule has 0 radical (unpaired) electrons. The zero-order valence-electron chi connectivity index (χ0n) is 10.2. The molecule has 20 heavy (non-hydrogen) atoms. The second-order valence-electron chi connectivity index (χ2n) is 3.99. The van der Waals surface area contributed by atoms with Crippen LogP contribution in [0.15, 0.2) is 36.4 Å². The van der Waals surface area contributed by atoms with E-state index in [2.05, 4.69) is 5.32 Å². The Balaban J connectivity index is 2.31. The van der Waals surface area contributed by atoms with E-state index in [4.69, 9.17) is 11.0 Å². The normalized spacial score (nSPS) is 9.85. The van der Waals surface area contributed by atoms with E-state index >= 15 is 0 Å². The molecule has 2 aromatic carbocycles. The van der Waals surface area contributed by atoms with Crippen LogP contribution >= 0.6 is 0 Å². The Morgan fingerprint density at radius 3 is 2.45 bits per heavy atom. The molecule has 6 heteroatoms. The van der Waals surface area contributed by atoms with Crippen LogP contribution in [0.5, 0.6) is 0 Å². The third-order valence-electron chi connectivity index (χ3n) is 2.61. The first kappa shape index (κ1) is 13.5. The topological polar surface area (TPSA) is 78.9 Å². The van der Waals surface area contributed by atoms with Crippen molar-refractivity contribution < 1.29 is 13.6 Å². The molecule has 0 fully saturated rings. The van der Waals surface area contributed by atoms with Gasteiger partial charge in [-0.15, -0.1) is 0 Å². The van der Waals surface area contributed by atoms with Crippen molar-refractivity contribution in [3.05, 3.63) is 59.2 Å². The summed E-state index contributed by atoms with van der Waals surface area (Å²) < 4.78 is 25.9. The van der Waals surface area contributed by atoms with Gasteiger partial charge in [-0.25, -0.2) is 8.78 Å². The third kappa shape index (κ3) is 2.72. The van der Waals surface area contributed by atoms with Gasteiger partial charge < -0.3 is 11.1 Å². The lowest BCUT2D eigenvalue weighted by atomic mass is 10.1. The minimum Gasteiger partial charge on any atom is -0.398 e. The van der Waals surface area contributed by atoms with Crippen LogP contribution < -0.4 is 11.1 Å². The highest BCUT2D eigenvalue weighted by Crippen LogP contribution is 2.19. The lowest BCUT2D eigenvalue weighted by Crippen LogP contribution is -2.15. The SMILES string of the molecule is N#Cc1cc(F)ccc1NC(=O)c1ccc(F)cc1N.